The highest BCUT2D eigenvalue weighted by Crippen LogP contribution is 2.41. The van der Waals surface area contributed by atoms with E-state index in [0.29, 0.717) is 11.1 Å². The first-order chi connectivity index (χ1) is 13.7. The van der Waals surface area contributed by atoms with E-state index in [1.165, 1.54) is 0 Å². The Morgan fingerprint density at radius 2 is 0.964 bits per heavy atom. The van der Waals surface area contributed by atoms with E-state index in [4.69, 9.17) is 9.47 Å². The van der Waals surface area contributed by atoms with Crippen LogP contribution in [0.3, 0.4) is 0 Å². The number of hydrogen-bond donors (Lipinski definition) is 0. The van der Waals surface area contributed by atoms with E-state index in [9.17, 15) is 9.59 Å². The summed E-state index contributed by atoms with van der Waals surface area (Å²) in [6, 6.07) is 18.1. The number of ether oxygens (including phenoxy) is 2. The van der Waals surface area contributed by atoms with Crippen LogP contribution in [0.15, 0.2) is 60.7 Å². The molecule has 2 saturated carbocycles. The second kappa shape index (κ2) is 8.59. The van der Waals surface area contributed by atoms with Gasteiger partial charge in [0.15, 0.2) is 0 Å². The molecule has 0 radical (unpaired) electrons. The molecule has 4 rings (SSSR count). The van der Waals surface area contributed by atoms with Gasteiger partial charge in [0.25, 0.3) is 0 Å². The molecule has 2 aliphatic rings. The first kappa shape index (κ1) is 18.7. The SMILES string of the molecule is O=C(OC1C2CCCC(CCC2)C1OC(=O)c1ccccc1)c1ccccc1. The Morgan fingerprint density at radius 3 is 1.32 bits per heavy atom. The first-order valence-corrected chi connectivity index (χ1v) is 10.2. The van der Waals surface area contributed by atoms with Gasteiger partial charge in [-0.05, 0) is 61.8 Å². The average molecular weight is 378 g/mol. The second-order valence-electron chi connectivity index (χ2n) is 7.85. The molecule has 2 aromatic rings. The minimum Gasteiger partial charge on any atom is -0.455 e. The van der Waals surface area contributed by atoms with Crippen molar-refractivity contribution in [2.24, 2.45) is 11.8 Å². The van der Waals surface area contributed by atoms with Crippen LogP contribution in [-0.2, 0) is 9.47 Å². The molecular formula is C24H26O4. The standard InChI is InChI=1S/C24H26O4/c25-23(19-9-3-1-4-10-19)27-21-17-13-7-15-18(16-8-14-17)22(21)28-24(26)20-11-5-2-6-12-20/h1-6,9-12,17-18,21-22H,7-8,13-16H2. The van der Waals surface area contributed by atoms with Gasteiger partial charge in [-0.1, -0.05) is 49.2 Å². The van der Waals surface area contributed by atoms with Crippen molar-refractivity contribution in [3.8, 4) is 0 Å². The number of fused-ring (bicyclic) bond motifs is 3. The minimum absolute atomic E-state index is 0.244. The molecule has 2 aromatic carbocycles. The van der Waals surface area contributed by atoms with Crippen LogP contribution in [0.25, 0.3) is 0 Å². The fraction of sp³-hybridized carbons (Fsp3) is 0.417. The summed E-state index contributed by atoms with van der Waals surface area (Å²) in [4.78, 5) is 25.5. The molecule has 2 atom stereocenters. The first-order valence-electron chi connectivity index (χ1n) is 10.2. The summed E-state index contributed by atoms with van der Waals surface area (Å²) in [6.07, 6.45) is 5.49. The number of carbonyl (C=O) groups is 2. The smallest absolute Gasteiger partial charge is 0.338 e. The van der Waals surface area contributed by atoms with Crippen molar-refractivity contribution < 1.29 is 19.1 Å². The molecule has 0 saturated heterocycles. The summed E-state index contributed by atoms with van der Waals surface area (Å²) < 4.78 is 12.0. The van der Waals surface area contributed by atoms with Gasteiger partial charge in [0, 0.05) is 0 Å². The van der Waals surface area contributed by atoms with Gasteiger partial charge in [-0.3, -0.25) is 0 Å². The molecule has 0 heterocycles. The normalized spacial score (nSPS) is 26.7. The highest BCUT2D eigenvalue weighted by molar-refractivity contribution is 5.90. The minimum atomic E-state index is -0.379. The topological polar surface area (TPSA) is 52.6 Å². The monoisotopic (exact) mass is 378 g/mol. The van der Waals surface area contributed by atoms with E-state index >= 15 is 0 Å². The van der Waals surface area contributed by atoms with Gasteiger partial charge in [0.1, 0.15) is 12.2 Å². The third-order valence-corrected chi connectivity index (χ3v) is 6.06. The van der Waals surface area contributed by atoms with Gasteiger partial charge in [0.2, 0.25) is 0 Å². The van der Waals surface area contributed by atoms with E-state index in [2.05, 4.69) is 0 Å². The molecule has 4 heteroatoms. The van der Waals surface area contributed by atoms with Crippen LogP contribution in [0.5, 0.6) is 0 Å². The molecule has 2 bridgehead atoms. The Morgan fingerprint density at radius 1 is 0.607 bits per heavy atom. The summed E-state index contributed by atoms with van der Waals surface area (Å²) in [5, 5.41) is 0. The summed E-state index contributed by atoms with van der Waals surface area (Å²) in [5.41, 5.74) is 1.07. The fourth-order valence-corrected chi connectivity index (χ4v) is 4.63. The number of rotatable bonds is 4. The third-order valence-electron chi connectivity index (χ3n) is 6.06. The van der Waals surface area contributed by atoms with Gasteiger partial charge in [-0.25, -0.2) is 9.59 Å². The van der Waals surface area contributed by atoms with Crippen LogP contribution in [0.1, 0.15) is 59.2 Å². The van der Waals surface area contributed by atoms with Crippen molar-refractivity contribution in [3.05, 3.63) is 71.8 Å². The molecule has 0 spiro atoms. The largest absolute Gasteiger partial charge is 0.455 e. The lowest BCUT2D eigenvalue weighted by Gasteiger charge is -2.32. The summed E-state index contributed by atoms with van der Waals surface area (Å²) >= 11 is 0. The van der Waals surface area contributed by atoms with E-state index < -0.39 is 0 Å². The Kier molecular flexibility index (Phi) is 5.75. The van der Waals surface area contributed by atoms with Crippen LogP contribution in [-0.4, -0.2) is 24.1 Å². The Labute approximate surface area is 165 Å². The van der Waals surface area contributed by atoms with E-state index in [1.54, 1.807) is 24.3 Å². The van der Waals surface area contributed by atoms with Crippen molar-refractivity contribution in [1.82, 2.24) is 0 Å². The number of benzene rings is 2. The molecule has 0 amide bonds. The second-order valence-corrected chi connectivity index (χ2v) is 7.85. The molecular weight excluding hydrogens is 352 g/mol. The number of carbonyl (C=O) groups excluding carboxylic acids is 2. The Balaban J connectivity index is 1.58. The third kappa shape index (κ3) is 4.11. The number of hydrogen-bond acceptors (Lipinski definition) is 4. The van der Waals surface area contributed by atoms with Crippen LogP contribution >= 0.6 is 0 Å². The van der Waals surface area contributed by atoms with Gasteiger partial charge < -0.3 is 9.47 Å². The molecule has 0 aliphatic heterocycles. The number of esters is 2. The zero-order valence-electron chi connectivity index (χ0n) is 16.0. The fourth-order valence-electron chi connectivity index (χ4n) is 4.63. The molecule has 0 N–H and O–H groups in total. The molecule has 2 aliphatic carbocycles. The predicted molar refractivity (Wildman–Crippen MR) is 106 cm³/mol. The van der Waals surface area contributed by atoms with E-state index in [-0.39, 0.29) is 36.0 Å². The van der Waals surface area contributed by atoms with Gasteiger partial charge >= 0.3 is 11.9 Å². The molecule has 28 heavy (non-hydrogen) atoms. The van der Waals surface area contributed by atoms with Crippen molar-refractivity contribution in [2.45, 2.75) is 50.7 Å². The highest BCUT2D eigenvalue weighted by atomic mass is 16.6. The van der Waals surface area contributed by atoms with Gasteiger partial charge in [-0.2, -0.15) is 0 Å². The summed E-state index contributed by atoms with van der Waals surface area (Å²) in [7, 11) is 0. The summed E-state index contributed by atoms with van der Waals surface area (Å²) in [5.74, 6) is -0.180. The zero-order valence-corrected chi connectivity index (χ0v) is 16.0. The van der Waals surface area contributed by atoms with Crippen molar-refractivity contribution >= 4 is 11.9 Å². The van der Waals surface area contributed by atoms with E-state index in [1.807, 2.05) is 36.4 Å². The summed E-state index contributed by atoms with van der Waals surface area (Å²) in [6.45, 7) is 0. The lowest BCUT2D eigenvalue weighted by Crippen LogP contribution is -2.42. The van der Waals surface area contributed by atoms with Crippen molar-refractivity contribution in [1.29, 1.82) is 0 Å². The van der Waals surface area contributed by atoms with Crippen LogP contribution < -0.4 is 0 Å². The maximum Gasteiger partial charge on any atom is 0.338 e. The molecule has 146 valence electrons. The van der Waals surface area contributed by atoms with Crippen LogP contribution in [0.2, 0.25) is 0 Å². The molecule has 2 unspecified atom stereocenters. The quantitative estimate of drug-likeness (QED) is 0.700. The molecule has 0 aromatic heterocycles. The lowest BCUT2D eigenvalue weighted by molar-refractivity contribution is -0.0664. The highest BCUT2D eigenvalue weighted by Gasteiger charge is 2.44. The van der Waals surface area contributed by atoms with Crippen molar-refractivity contribution in [3.63, 3.8) is 0 Å². The predicted octanol–water partition coefficient (Wildman–Crippen LogP) is 5.04. The average Bonchev–Trinajstić information content (AvgIpc) is 2.97. The van der Waals surface area contributed by atoms with E-state index in [0.717, 1.165) is 38.5 Å². The Bertz CT molecular complexity index is 724. The molecule has 4 nitrogen and oxygen atoms in total. The van der Waals surface area contributed by atoms with Crippen LogP contribution in [0, 0.1) is 11.8 Å². The van der Waals surface area contributed by atoms with Gasteiger partial charge in [0.05, 0.1) is 11.1 Å². The maximum absolute atomic E-state index is 12.8. The van der Waals surface area contributed by atoms with Gasteiger partial charge in [-0.15, -0.1) is 0 Å². The Hall–Kier alpha value is -2.62. The lowest BCUT2D eigenvalue weighted by atomic mass is 9.92. The van der Waals surface area contributed by atoms with Crippen LogP contribution in [0.4, 0.5) is 0 Å². The maximum atomic E-state index is 12.8. The zero-order chi connectivity index (χ0) is 19.3. The van der Waals surface area contributed by atoms with Crippen molar-refractivity contribution in [2.75, 3.05) is 0 Å². The molecule has 2 fully saturated rings.